The van der Waals surface area contributed by atoms with Gasteiger partial charge in [0, 0.05) is 4.47 Å². The second-order valence-electron chi connectivity index (χ2n) is 3.17. The van der Waals surface area contributed by atoms with E-state index in [0.29, 0.717) is 0 Å². The molecule has 0 N–H and O–H groups in total. The Bertz CT molecular complexity index is 564. The molecule has 0 atom stereocenters. The van der Waals surface area contributed by atoms with Crippen LogP contribution in [-0.4, -0.2) is 0 Å². The van der Waals surface area contributed by atoms with Crippen molar-refractivity contribution in [3.8, 4) is 0 Å². The monoisotopic (exact) mass is 257 g/mol. The molecule has 2 heteroatoms. The molecule has 0 saturated heterocycles. The van der Waals surface area contributed by atoms with E-state index in [1.54, 1.807) is 0 Å². The summed E-state index contributed by atoms with van der Waals surface area (Å²) in [5, 5.41) is 2.38. The van der Waals surface area contributed by atoms with Crippen LogP contribution < -0.4 is 0 Å². The maximum absolute atomic E-state index is 6.71. The van der Waals surface area contributed by atoms with E-state index in [1.165, 1.54) is 17.0 Å². The molecule has 0 aliphatic rings. The van der Waals surface area contributed by atoms with Crippen LogP contribution in [0.2, 0.25) is 0 Å². The minimum atomic E-state index is 1.01. The highest BCUT2D eigenvalue weighted by Gasteiger charge is 1.98. The molecule has 0 aliphatic heterocycles. The largest absolute Gasteiger partial charge is 0.246 e. The average Bonchev–Trinajstić information content (AvgIpc) is 2.26. The molecule has 2 rings (SSSR count). The summed E-state index contributed by atoms with van der Waals surface area (Å²) in [7, 11) is 0. The van der Waals surface area contributed by atoms with Gasteiger partial charge in [0.25, 0.3) is 0 Å². The summed E-state index contributed by atoms with van der Waals surface area (Å²) in [5.41, 5.74) is 1.03. The molecule has 0 heterocycles. The van der Waals surface area contributed by atoms with E-state index in [0.717, 1.165) is 10.0 Å². The molecule has 15 heavy (non-hydrogen) atoms. The van der Waals surface area contributed by atoms with Gasteiger partial charge in [-0.15, -0.1) is 0 Å². The summed E-state index contributed by atoms with van der Waals surface area (Å²) in [6.45, 7) is 6.71. The zero-order chi connectivity index (χ0) is 10.7. The first-order valence-corrected chi connectivity index (χ1v) is 5.32. The van der Waals surface area contributed by atoms with E-state index in [2.05, 4.69) is 45.0 Å². The summed E-state index contributed by atoms with van der Waals surface area (Å²) >= 11 is 3.49. The number of halogens is 1. The lowest BCUT2D eigenvalue weighted by atomic mass is 10.1. The first-order valence-electron chi connectivity index (χ1n) is 4.52. The third-order valence-electron chi connectivity index (χ3n) is 2.19. The molecule has 1 nitrogen and oxygen atoms in total. The Morgan fingerprint density at radius 3 is 2.47 bits per heavy atom. The summed E-state index contributed by atoms with van der Waals surface area (Å²) in [4.78, 5) is 3.20. The number of hydrogen-bond acceptors (Lipinski definition) is 0. The minimum Gasteiger partial charge on any atom is -0.246 e. The molecule has 72 valence electrons. The molecule has 0 aromatic heterocycles. The van der Waals surface area contributed by atoms with Gasteiger partial charge in [-0.25, -0.2) is 4.85 Å². The van der Waals surface area contributed by atoms with Crippen molar-refractivity contribution in [3.63, 3.8) is 0 Å². The Morgan fingerprint density at radius 2 is 1.80 bits per heavy atom. The Morgan fingerprint density at radius 1 is 1.13 bits per heavy atom. The van der Waals surface area contributed by atoms with Crippen LogP contribution in [0.15, 0.2) is 47.1 Å². The van der Waals surface area contributed by atoms with Crippen LogP contribution in [0.3, 0.4) is 0 Å². The highest BCUT2D eigenvalue weighted by Crippen LogP contribution is 2.25. The average molecular weight is 258 g/mol. The number of fused-ring (bicyclic) bond motifs is 1. The van der Waals surface area contributed by atoms with Crippen LogP contribution in [-0.2, 0) is 0 Å². The minimum absolute atomic E-state index is 1.01. The van der Waals surface area contributed by atoms with Gasteiger partial charge in [-0.1, -0.05) is 46.3 Å². The van der Waals surface area contributed by atoms with Crippen molar-refractivity contribution >= 4 is 32.8 Å². The number of hydrogen-bond donors (Lipinski definition) is 0. The molecular formula is C13H8BrN. The summed E-state index contributed by atoms with van der Waals surface area (Å²) in [6.07, 6.45) is 3.28. The van der Waals surface area contributed by atoms with Crippen LogP contribution >= 0.6 is 15.9 Å². The predicted molar refractivity (Wildman–Crippen MR) is 67.3 cm³/mol. The van der Waals surface area contributed by atoms with Crippen LogP contribution in [0, 0.1) is 6.57 Å². The van der Waals surface area contributed by atoms with Gasteiger partial charge >= 0.3 is 0 Å². The second-order valence-corrected chi connectivity index (χ2v) is 4.02. The van der Waals surface area contributed by atoms with Gasteiger partial charge in [0.05, 0.1) is 6.57 Å². The lowest BCUT2D eigenvalue weighted by Crippen LogP contribution is -1.78. The molecule has 0 unspecified atom stereocenters. The fourth-order valence-electron chi connectivity index (χ4n) is 1.48. The number of nitrogens with zero attached hydrogens (tertiary/aromatic N) is 1. The number of rotatable bonds is 1. The highest BCUT2D eigenvalue weighted by molar-refractivity contribution is 9.10. The lowest BCUT2D eigenvalue weighted by Gasteiger charge is -2.02. The van der Waals surface area contributed by atoms with Crippen molar-refractivity contribution < 1.29 is 0 Å². The van der Waals surface area contributed by atoms with Crippen LogP contribution in [0.5, 0.6) is 0 Å². The zero-order valence-corrected chi connectivity index (χ0v) is 9.53. The molecule has 0 spiro atoms. The van der Waals surface area contributed by atoms with Gasteiger partial charge in [-0.2, -0.15) is 0 Å². The maximum Gasteiger partial charge on any atom is 0.154 e. The molecular weight excluding hydrogens is 250 g/mol. The van der Waals surface area contributed by atoms with E-state index in [4.69, 9.17) is 6.57 Å². The SMILES string of the molecule is [C-]#[N+]C=Cc1cc2ccccc2cc1Br. The quantitative estimate of drug-likeness (QED) is 0.663. The standard InChI is InChI=1S/C13H8BrN/c1-15-7-6-12-8-10-4-2-3-5-11(10)9-13(12)14/h2-9H. The molecule has 0 fully saturated rings. The van der Waals surface area contributed by atoms with Crippen molar-refractivity contribution in [2.75, 3.05) is 0 Å². The molecule has 2 aromatic rings. The van der Waals surface area contributed by atoms with E-state index < -0.39 is 0 Å². The lowest BCUT2D eigenvalue weighted by molar-refractivity contribution is 1.65. The van der Waals surface area contributed by atoms with Crippen molar-refractivity contribution in [3.05, 3.63) is 64.1 Å². The van der Waals surface area contributed by atoms with E-state index in [9.17, 15) is 0 Å². The Labute approximate surface area is 97.0 Å². The number of benzene rings is 2. The molecule has 0 bridgehead atoms. The maximum atomic E-state index is 6.71. The van der Waals surface area contributed by atoms with Crippen molar-refractivity contribution in [2.45, 2.75) is 0 Å². The van der Waals surface area contributed by atoms with E-state index in [1.807, 2.05) is 18.2 Å². The Balaban J connectivity index is 2.63. The molecule has 2 aromatic carbocycles. The smallest absolute Gasteiger partial charge is 0.154 e. The summed E-state index contributed by atoms with van der Waals surface area (Å²) in [5.74, 6) is 0. The van der Waals surface area contributed by atoms with E-state index in [-0.39, 0.29) is 0 Å². The fraction of sp³-hybridized carbons (Fsp3) is 0. The molecule has 0 radical (unpaired) electrons. The fourth-order valence-corrected chi connectivity index (χ4v) is 1.97. The normalized spacial score (nSPS) is 10.7. The Kier molecular flexibility index (Phi) is 2.84. The van der Waals surface area contributed by atoms with Gasteiger partial charge < -0.3 is 0 Å². The van der Waals surface area contributed by atoms with Crippen LogP contribution in [0.1, 0.15) is 5.56 Å². The summed E-state index contributed by atoms with van der Waals surface area (Å²) in [6, 6.07) is 12.3. The first-order chi connectivity index (χ1) is 7.31. The Hall–Kier alpha value is -1.59. The molecule has 0 saturated carbocycles. The van der Waals surface area contributed by atoms with Crippen molar-refractivity contribution in [1.29, 1.82) is 0 Å². The van der Waals surface area contributed by atoms with Gasteiger partial charge in [0.2, 0.25) is 0 Å². The molecule has 0 amide bonds. The second kappa shape index (κ2) is 4.29. The zero-order valence-electron chi connectivity index (χ0n) is 7.94. The van der Waals surface area contributed by atoms with Crippen LogP contribution in [0.4, 0.5) is 0 Å². The van der Waals surface area contributed by atoms with Gasteiger partial charge in [-0.3, -0.25) is 0 Å². The van der Waals surface area contributed by atoms with Gasteiger partial charge in [-0.05, 0) is 28.5 Å². The third-order valence-corrected chi connectivity index (χ3v) is 2.88. The topological polar surface area (TPSA) is 4.36 Å². The molecule has 0 aliphatic carbocycles. The van der Waals surface area contributed by atoms with Gasteiger partial charge in [0.1, 0.15) is 0 Å². The third kappa shape index (κ3) is 2.08. The first kappa shape index (κ1) is 9.95. The van der Waals surface area contributed by atoms with Crippen molar-refractivity contribution in [1.82, 2.24) is 0 Å². The summed E-state index contributed by atoms with van der Waals surface area (Å²) < 4.78 is 1.01. The van der Waals surface area contributed by atoms with Crippen molar-refractivity contribution in [2.24, 2.45) is 0 Å². The predicted octanol–water partition coefficient (Wildman–Crippen LogP) is 4.49. The van der Waals surface area contributed by atoms with E-state index >= 15 is 0 Å². The van der Waals surface area contributed by atoms with Crippen LogP contribution in [0.25, 0.3) is 21.7 Å². The highest BCUT2D eigenvalue weighted by atomic mass is 79.9. The van der Waals surface area contributed by atoms with Gasteiger partial charge in [0.15, 0.2) is 6.20 Å².